The molecule has 0 spiro atoms. The van der Waals surface area contributed by atoms with Crippen LogP contribution in [0.3, 0.4) is 0 Å². The molecule has 1 N–H and O–H groups in total. The highest BCUT2D eigenvalue weighted by Gasteiger charge is 2.31. The van der Waals surface area contributed by atoms with Crippen molar-refractivity contribution in [3.8, 4) is 5.75 Å². The number of ether oxygens (including phenoxy) is 1. The van der Waals surface area contributed by atoms with Crippen LogP contribution in [0.2, 0.25) is 0 Å². The molecule has 1 heterocycles. The van der Waals surface area contributed by atoms with Gasteiger partial charge in [0.05, 0.1) is 0 Å². The highest BCUT2D eigenvalue weighted by Crippen LogP contribution is 2.33. The van der Waals surface area contributed by atoms with Crippen LogP contribution >= 0.6 is 11.8 Å². The number of carbonyl (C=O) groups excluding carboxylic acids is 1. The van der Waals surface area contributed by atoms with Crippen molar-refractivity contribution in [1.29, 1.82) is 0 Å². The highest BCUT2D eigenvalue weighted by molar-refractivity contribution is 7.98. The van der Waals surface area contributed by atoms with Crippen molar-refractivity contribution in [1.82, 2.24) is 20.1 Å². The number of thioether (sulfide) groups is 1. The lowest BCUT2D eigenvalue weighted by Crippen LogP contribution is -2.25. The SMILES string of the molecule is CSc1nnc(CCCNC(=O)c2ccc(OC(F)(F)F)cc2)n1C1CCCC1. The zero-order valence-corrected chi connectivity index (χ0v) is 16.9. The number of benzene rings is 1. The Morgan fingerprint density at radius 3 is 2.55 bits per heavy atom. The maximum absolute atomic E-state index is 12.2. The predicted octanol–water partition coefficient (Wildman–Crippen LogP) is 4.38. The summed E-state index contributed by atoms with van der Waals surface area (Å²) in [6.45, 7) is 0.436. The van der Waals surface area contributed by atoms with E-state index in [-0.39, 0.29) is 17.2 Å². The summed E-state index contributed by atoms with van der Waals surface area (Å²) in [7, 11) is 0. The first kappa shape index (κ1) is 21.5. The van der Waals surface area contributed by atoms with Crippen LogP contribution in [-0.4, -0.2) is 39.8 Å². The van der Waals surface area contributed by atoms with Gasteiger partial charge in [-0.2, -0.15) is 0 Å². The number of aromatic nitrogens is 3. The molecule has 1 aromatic heterocycles. The first-order chi connectivity index (χ1) is 13.9. The van der Waals surface area contributed by atoms with Crippen LogP contribution in [-0.2, 0) is 6.42 Å². The molecule has 0 aliphatic heterocycles. The minimum absolute atomic E-state index is 0.276. The van der Waals surface area contributed by atoms with E-state index in [9.17, 15) is 18.0 Å². The van der Waals surface area contributed by atoms with Crippen LogP contribution in [0.4, 0.5) is 13.2 Å². The molecule has 0 unspecified atom stereocenters. The van der Waals surface area contributed by atoms with Gasteiger partial charge in [-0.1, -0.05) is 24.6 Å². The number of hydrogen-bond acceptors (Lipinski definition) is 5. The summed E-state index contributed by atoms with van der Waals surface area (Å²) in [6, 6.07) is 5.30. The van der Waals surface area contributed by atoms with Crippen LogP contribution in [0.1, 0.15) is 54.3 Å². The first-order valence-corrected chi connectivity index (χ1v) is 10.7. The second kappa shape index (κ2) is 9.51. The molecule has 0 radical (unpaired) electrons. The van der Waals surface area contributed by atoms with E-state index in [4.69, 9.17) is 0 Å². The number of rotatable bonds is 8. The molecular formula is C19H23F3N4O2S. The van der Waals surface area contributed by atoms with Crippen molar-refractivity contribution in [3.63, 3.8) is 0 Å². The molecule has 1 saturated carbocycles. The Morgan fingerprint density at radius 2 is 1.93 bits per heavy atom. The second-order valence-electron chi connectivity index (χ2n) is 6.84. The van der Waals surface area contributed by atoms with Gasteiger partial charge in [-0.3, -0.25) is 4.79 Å². The minimum Gasteiger partial charge on any atom is -0.406 e. The molecule has 158 valence electrons. The van der Waals surface area contributed by atoms with E-state index in [1.807, 2.05) is 6.26 Å². The topological polar surface area (TPSA) is 69.0 Å². The molecule has 2 aromatic rings. The van der Waals surface area contributed by atoms with Crippen molar-refractivity contribution >= 4 is 17.7 Å². The van der Waals surface area contributed by atoms with Gasteiger partial charge in [-0.05, 0) is 49.8 Å². The summed E-state index contributed by atoms with van der Waals surface area (Å²) in [6.07, 6.45) is 3.36. The van der Waals surface area contributed by atoms with Crippen molar-refractivity contribution in [2.24, 2.45) is 0 Å². The fourth-order valence-electron chi connectivity index (χ4n) is 3.50. The van der Waals surface area contributed by atoms with E-state index in [0.29, 0.717) is 25.4 Å². The van der Waals surface area contributed by atoms with E-state index in [1.54, 1.807) is 11.8 Å². The summed E-state index contributed by atoms with van der Waals surface area (Å²) in [5.74, 6) is 0.236. The molecule has 10 heteroatoms. The lowest BCUT2D eigenvalue weighted by atomic mass is 10.2. The zero-order valence-electron chi connectivity index (χ0n) is 16.0. The molecule has 0 saturated heterocycles. The number of amides is 1. The van der Waals surface area contributed by atoms with Crippen molar-refractivity contribution in [3.05, 3.63) is 35.7 Å². The van der Waals surface area contributed by atoms with E-state index < -0.39 is 6.36 Å². The standard InChI is InChI=1S/C19H23F3N4O2S/c1-29-18-25-24-16(26(18)14-5-2-3-6-14)7-4-12-23-17(27)13-8-10-15(11-9-13)28-19(20,21)22/h8-11,14H,2-7,12H2,1H3,(H,23,27). The van der Waals surface area contributed by atoms with Gasteiger partial charge in [-0.25, -0.2) is 0 Å². The lowest BCUT2D eigenvalue weighted by molar-refractivity contribution is -0.274. The molecule has 0 bridgehead atoms. The van der Waals surface area contributed by atoms with Gasteiger partial charge in [0.1, 0.15) is 11.6 Å². The Kier molecular flexibility index (Phi) is 7.05. The smallest absolute Gasteiger partial charge is 0.406 e. The molecule has 3 rings (SSSR count). The predicted molar refractivity (Wildman–Crippen MR) is 103 cm³/mol. The highest BCUT2D eigenvalue weighted by atomic mass is 32.2. The third-order valence-corrected chi connectivity index (χ3v) is 5.46. The van der Waals surface area contributed by atoms with E-state index >= 15 is 0 Å². The average Bonchev–Trinajstić information content (AvgIpc) is 3.33. The van der Waals surface area contributed by atoms with Gasteiger partial charge in [-0.15, -0.1) is 23.4 Å². The van der Waals surface area contributed by atoms with E-state index in [2.05, 4.69) is 24.8 Å². The van der Waals surface area contributed by atoms with Crippen LogP contribution in [0.25, 0.3) is 0 Å². The monoisotopic (exact) mass is 428 g/mol. The van der Waals surface area contributed by atoms with Gasteiger partial charge in [0.2, 0.25) is 0 Å². The fourth-order valence-corrected chi connectivity index (χ4v) is 4.08. The number of carbonyl (C=O) groups is 1. The Bertz CT molecular complexity index is 818. The molecule has 0 atom stereocenters. The van der Waals surface area contributed by atoms with Gasteiger partial charge in [0.15, 0.2) is 5.16 Å². The number of nitrogens with one attached hydrogen (secondary N) is 1. The molecule has 1 fully saturated rings. The third kappa shape index (κ3) is 5.88. The fraction of sp³-hybridized carbons (Fsp3) is 0.526. The average molecular weight is 428 g/mol. The number of nitrogens with zero attached hydrogens (tertiary/aromatic N) is 3. The third-order valence-electron chi connectivity index (χ3n) is 4.82. The zero-order chi connectivity index (χ0) is 20.9. The van der Waals surface area contributed by atoms with E-state index in [0.717, 1.165) is 36.0 Å². The first-order valence-electron chi connectivity index (χ1n) is 9.49. The second-order valence-corrected chi connectivity index (χ2v) is 7.62. The molecule has 29 heavy (non-hydrogen) atoms. The summed E-state index contributed by atoms with van der Waals surface area (Å²) < 4.78 is 42.6. The van der Waals surface area contributed by atoms with Crippen molar-refractivity contribution < 1.29 is 22.7 Å². The van der Waals surface area contributed by atoms with Crippen molar-refractivity contribution in [2.45, 2.75) is 56.1 Å². The molecule has 1 aromatic carbocycles. The maximum atomic E-state index is 12.2. The van der Waals surface area contributed by atoms with Gasteiger partial charge in [0.25, 0.3) is 5.91 Å². The van der Waals surface area contributed by atoms with Gasteiger partial charge >= 0.3 is 6.36 Å². The summed E-state index contributed by atoms with van der Waals surface area (Å²) in [4.78, 5) is 12.2. The largest absolute Gasteiger partial charge is 0.573 e. The summed E-state index contributed by atoms with van der Waals surface area (Å²) in [5, 5.41) is 12.3. The van der Waals surface area contributed by atoms with Gasteiger partial charge in [0, 0.05) is 24.6 Å². The number of aryl methyl sites for hydroxylation is 1. The van der Waals surface area contributed by atoms with Crippen LogP contribution in [0.5, 0.6) is 5.75 Å². The maximum Gasteiger partial charge on any atom is 0.573 e. The number of alkyl halides is 3. The molecule has 1 amide bonds. The minimum atomic E-state index is -4.75. The summed E-state index contributed by atoms with van der Waals surface area (Å²) in [5.41, 5.74) is 0.276. The summed E-state index contributed by atoms with van der Waals surface area (Å²) >= 11 is 1.59. The molecular weight excluding hydrogens is 405 g/mol. The quantitative estimate of drug-likeness (QED) is 0.499. The Balaban J connectivity index is 1.49. The van der Waals surface area contributed by atoms with Crippen LogP contribution in [0, 0.1) is 0 Å². The lowest BCUT2D eigenvalue weighted by Gasteiger charge is -2.16. The Labute approximate surface area is 171 Å². The number of halogens is 3. The van der Waals surface area contributed by atoms with Crippen molar-refractivity contribution in [2.75, 3.05) is 12.8 Å². The molecule has 1 aliphatic rings. The van der Waals surface area contributed by atoms with Gasteiger partial charge < -0.3 is 14.6 Å². The Morgan fingerprint density at radius 1 is 1.24 bits per heavy atom. The molecule has 6 nitrogen and oxygen atoms in total. The van der Waals surface area contributed by atoms with Crippen LogP contribution < -0.4 is 10.1 Å². The number of hydrogen-bond donors (Lipinski definition) is 1. The van der Waals surface area contributed by atoms with Crippen LogP contribution in [0.15, 0.2) is 29.4 Å². The van der Waals surface area contributed by atoms with E-state index in [1.165, 1.54) is 25.0 Å². The normalized spacial score (nSPS) is 14.9. The Hall–Kier alpha value is -2.23. The molecule has 1 aliphatic carbocycles.